The number of sulfone groups is 1. The maximum absolute atomic E-state index is 12.4. The number of amides is 1. The van der Waals surface area contributed by atoms with Crippen LogP contribution in [0, 0.1) is 0 Å². The molecule has 1 aliphatic carbocycles. The summed E-state index contributed by atoms with van der Waals surface area (Å²) in [7, 11) is -1.75. The monoisotopic (exact) mass is 332 g/mol. The first-order chi connectivity index (χ1) is 9.78. The van der Waals surface area contributed by atoms with Gasteiger partial charge in [0.1, 0.15) is 15.9 Å². The van der Waals surface area contributed by atoms with Gasteiger partial charge in [0.25, 0.3) is 0 Å². The molecule has 2 rings (SSSR count). The van der Waals surface area contributed by atoms with Crippen molar-refractivity contribution in [2.24, 2.45) is 0 Å². The lowest BCUT2D eigenvalue weighted by Crippen LogP contribution is -2.38. The van der Waals surface area contributed by atoms with E-state index in [0.29, 0.717) is 24.4 Å². The van der Waals surface area contributed by atoms with Crippen LogP contribution in [0.15, 0.2) is 4.90 Å². The summed E-state index contributed by atoms with van der Waals surface area (Å²) in [4.78, 5) is 13.7. The maximum Gasteiger partial charge on any atom is 0.244 e. The average Bonchev–Trinajstić information content (AvgIpc) is 3.22. The van der Waals surface area contributed by atoms with E-state index in [9.17, 15) is 13.2 Å². The highest BCUT2D eigenvalue weighted by Crippen LogP contribution is 2.41. The second-order valence-electron chi connectivity index (χ2n) is 5.19. The molecule has 9 heteroatoms. The molecule has 0 aromatic carbocycles. The number of hydrogen-bond acceptors (Lipinski definition) is 7. The number of hydrogen-bond donors (Lipinski definition) is 2. The van der Waals surface area contributed by atoms with E-state index in [-0.39, 0.29) is 21.9 Å². The second kappa shape index (κ2) is 5.80. The van der Waals surface area contributed by atoms with Crippen molar-refractivity contribution in [2.45, 2.75) is 42.9 Å². The summed E-state index contributed by atoms with van der Waals surface area (Å²) >= 11 is 0.977. The molecule has 1 atom stereocenters. The van der Waals surface area contributed by atoms with Crippen molar-refractivity contribution in [1.82, 2.24) is 9.27 Å². The Morgan fingerprint density at radius 1 is 1.57 bits per heavy atom. The fraction of sp³-hybridized carbons (Fsp3) is 0.667. The molecule has 0 radical (unpaired) electrons. The average molecular weight is 332 g/mol. The highest BCUT2D eigenvalue weighted by molar-refractivity contribution is 7.92. The highest BCUT2D eigenvalue weighted by atomic mass is 32.2. The molecule has 0 saturated heterocycles. The SMILES string of the molecule is CCN(C)C(=O)C(C)Nc1snc(N)c1S(=O)(=O)C1CC1. The van der Waals surface area contributed by atoms with Crippen molar-refractivity contribution in [1.29, 1.82) is 0 Å². The molecular formula is C12H20N4O3S2. The van der Waals surface area contributed by atoms with Crippen molar-refractivity contribution >= 4 is 38.1 Å². The van der Waals surface area contributed by atoms with Crippen LogP contribution in [-0.2, 0) is 14.6 Å². The van der Waals surface area contributed by atoms with Crippen LogP contribution < -0.4 is 11.1 Å². The first kappa shape index (κ1) is 16.0. The molecule has 1 fully saturated rings. The lowest BCUT2D eigenvalue weighted by molar-refractivity contribution is -0.130. The summed E-state index contributed by atoms with van der Waals surface area (Å²) in [5, 5.41) is 2.93. The van der Waals surface area contributed by atoms with Crippen LogP contribution in [0.2, 0.25) is 0 Å². The number of anilines is 2. The Bertz CT molecular complexity index is 637. The summed E-state index contributed by atoms with van der Waals surface area (Å²) in [5.41, 5.74) is 5.72. The third kappa shape index (κ3) is 3.13. The number of likely N-dealkylation sites (N-methyl/N-ethyl adjacent to an activating group) is 1. The van der Waals surface area contributed by atoms with E-state index in [1.807, 2.05) is 6.92 Å². The lowest BCUT2D eigenvalue weighted by Gasteiger charge is -2.21. The molecule has 1 amide bonds. The molecule has 1 aromatic rings. The minimum Gasteiger partial charge on any atom is -0.382 e. The molecule has 1 saturated carbocycles. The Morgan fingerprint density at radius 2 is 2.19 bits per heavy atom. The van der Waals surface area contributed by atoms with E-state index in [0.717, 1.165) is 11.5 Å². The topological polar surface area (TPSA) is 105 Å². The Balaban J connectivity index is 2.24. The Kier molecular flexibility index (Phi) is 4.43. The number of nitrogens with two attached hydrogens (primary N) is 1. The minimum atomic E-state index is -3.45. The van der Waals surface area contributed by atoms with Crippen molar-refractivity contribution in [2.75, 3.05) is 24.6 Å². The predicted molar refractivity (Wildman–Crippen MR) is 83.1 cm³/mol. The minimum absolute atomic E-state index is 0.0119. The summed E-state index contributed by atoms with van der Waals surface area (Å²) < 4.78 is 28.7. The standard InChI is InChI=1S/C12H20N4O3S2/c1-4-16(3)12(17)7(2)14-11-9(10(13)15-20-11)21(18,19)8-5-6-8/h7-8,14H,4-6H2,1-3H3,(H2,13,15). The van der Waals surface area contributed by atoms with E-state index >= 15 is 0 Å². The molecule has 0 spiro atoms. The van der Waals surface area contributed by atoms with Gasteiger partial charge in [-0.1, -0.05) is 0 Å². The van der Waals surface area contributed by atoms with Gasteiger partial charge in [-0.05, 0) is 38.2 Å². The number of nitrogen functional groups attached to an aromatic ring is 1. The molecule has 0 bridgehead atoms. The van der Waals surface area contributed by atoms with Gasteiger partial charge < -0.3 is 16.0 Å². The summed E-state index contributed by atoms with van der Waals surface area (Å²) in [6.07, 6.45) is 1.31. The largest absolute Gasteiger partial charge is 0.382 e. The van der Waals surface area contributed by atoms with Gasteiger partial charge in [0.05, 0.1) is 5.25 Å². The summed E-state index contributed by atoms with van der Waals surface area (Å²) in [6.45, 7) is 4.15. The van der Waals surface area contributed by atoms with Crippen molar-refractivity contribution < 1.29 is 13.2 Å². The van der Waals surface area contributed by atoms with Gasteiger partial charge in [0.2, 0.25) is 5.91 Å². The molecule has 3 N–H and O–H groups in total. The zero-order chi connectivity index (χ0) is 15.8. The first-order valence-corrected chi connectivity index (χ1v) is 9.11. The molecule has 1 unspecified atom stereocenters. The number of nitrogens with one attached hydrogen (secondary N) is 1. The van der Waals surface area contributed by atoms with Crippen molar-refractivity contribution in [3.8, 4) is 0 Å². The quantitative estimate of drug-likeness (QED) is 0.803. The Morgan fingerprint density at radius 3 is 2.71 bits per heavy atom. The maximum atomic E-state index is 12.4. The number of nitrogens with zero attached hydrogens (tertiary/aromatic N) is 2. The fourth-order valence-electron chi connectivity index (χ4n) is 1.95. The first-order valence-electron chi connectivity index (χ1n) is 6.79. The lowest BCUT2D eigenvalue weighted by atomic mass is 10.3. The molecule has 1 aliphatic rings. The number of rotatable bonds is 6. The van der Waals surface area contributed by atoms with Gasteiger partial charge in [0, 0.05) is 13.6 Å². The van der Waals surface area contributed by atoms with Gasteiger partial charge in [-0.2, -0.15) is 4.37 Å². The van der Waals surface area contributed by atoms with E-state index in [1.54, 1.807) is 18.9 Å². The highest BCUT2D eigenvalue weighted by Gasteiger charge is 2.41. The van der Waals surface area contributed by atoms with Gasteiger partial charge >= 0.3 is 0 Å². The Hall–Kier alpha value is -1.35. The van der Waals surface area contributed by atoms with E-state index in [1.165, 1.54) is 0 Å². The van der Waals surface area contributed by atoms with Crippen molar-refractivity contribution in [3.63, 3.8) is 0 Å². The molecule has 21 heavy (non-hydrogen) atoms. The van der Waals surface area contributed by atoms with E-state index in [4.69, 9.17) is 5.73 Å². The van der Waals surface area contributed by atoms with Gasteiger partial charge in [-0.3, -0.25) is 4.79 Å². The van der Waals surface area contributed by atoms with Crippen LogP contribution in [0.4, 0.5) is 10.8 Å². The fourth-order valence-corrected chi connectivity index (χ4v) is 4.91. The Labute approximate surface area is 128 Å². The second-order valence-corrected chi connectivity index (χ2v) is 8.13. The van der Waals surface area contributed by atoms with Crippen molar-refractivity contribution in [3.05, 3.63) is 0 Å². The predicted octanol–water partition coefficient (Wildman–Crippen LogP) is 0.940. The third-order valence-electron chi connectivity index (χ3n) is 3.49. The van der Waals surface area contributed by atoms with Gasteiger partial charge in [0.15, 0.2) is 15.7 Å². The molecule has 118 valence electrons. The van der Waals surface area contributed by atoms with Crippen LogP contribution >= 0.6 is 11.5 Å². The smallest absolute Gasteiger partial charge is 0.244 e. The molecule has 1 aromatic heterocycles. The van der Waals surface area contributed by atoms with Crippen LogP contribution in [0.1, 0.15) is 26.7 Å². The number of carbonyl (C=O) groups is 1. The molecule has 7 nitrogen and oxygen atoms in total. The van der Waals surface area contributed by atoms with Crippen LogP contribution in [0.25, 0.3) is 0 Å². The molecule has 0 aliphatic heterocycles. The third-order valence-corrected chi connectivity index (χ3v) is 6.74. The normalized spacial score (nSPS) is 16.5. The van der Waals surface area contributed by atoms with Crippen LogP contribution in [-0.4, -0.2) is 48.5 Å². The molecular weight excluding hydrogens is 312 g/mol. The van der Waals surface area contributed by atoms with Crippen LogP contribution in [0.5, 0.6) is 0 Å². The van der Waals surface area contributed by atoms with Gasteiger partial charge in [-0.15, -0.1) is 0 Å². The van der Waals surface area contributed by atoms with E-state index in [2.05, 4.69) is 9.69 Å². The van der Waals surface area contributed by atoms with E-state index < -0.39 is 15.9 Å². The number of carbonyl (C=O) groups excluding carboxylic acids is 1. The summed E-state index contributed by atoms with van der Waals surface area (Å²) in [6, 6.07) is -0.539. The molecule has 1 heterocycles. The zero-order valence-electron chi connectivity index (χ0n) is 12.3. The summed E-state index contributed by atoms with van der Waals surface area (Å²) in [5.74, 6) is -0.0999. The van der Waals surface area contributed by atoms with Crippen LogP contribution in [0.3, 0.4) is 0 Å². The zero-order valence-corrected chi connectivity index (χ0v) is 13.9. The van der Waals surface area contributed by atoms with Gasteiger partial charge in [-0.25, -0.2) is 8.42 Å². The number of aromatic nitrogens is 1.